The second-order valence-electron chi connectivity index (χ2n) is 5.54. The van der Waals surface area contributed by atoms with Crippen LogP contribution in [0.3, 0.4) is 0 Å². The van der Waals surface area contributed by atoms with Crippen LogP contribution in [-0.4, -0.2) is 32.1 Å². The van der Waals surface area contributed by atoms with Gasteiger partial charge in [0.25, 0.3) is 5.91 Å². The molecule has 0 radical (unpaired) electrons. The molecule has 0 aliphatic carbocycles. The van der Waals surface area contributed by atoms with Crippen LogP contribution in [0.25, 0.3) is 0 Å². The lowest BCUT2D eigenvalue weighted by Gasteiger charge is -2.13. The molecule has 0 aromatic heterocycles. The molecule has 2 aromatic carbocycles. The van der Waals surface area contributed by atoms with Crippen molar-refractivity contribution in [1.82, 2.24) is 5.32 Å². The second kappa shape index (κ2) is 8.82. The lowest BCUT2D eigenvalue weighted by Crippen LogP contribution is -2.31. The first kappa shape index (κ1) is 18.4. The molecule has 132 valence electrons. The van der Waals surface area contributed by atoms with E-state index in [-0.39, 0.29) is 11.5 Å². The summed E-state index contributed by atoms with van der Waals surface area (Å²) >= 11 is 0. The van der Waals surface area contributed by atoms with Crippen LogP contribution in [0, 0.1) is 5.82 Å². The fourth-order valence-corrected chi connectivity index (χ4v) is 2.21. The fourth-order valence-electron chi connectivity index (χ4n) is 2.21. The molecule has 0 unspecified atom stereocenters. The van der Waals surface area contributed by atoms with E-state index < -0.39 is 24.3 Å². The highest BCUT2D eigenvalue weighted by Gasteiger charge is 2.16. The van der Waals surface area contributed by atoms with E-state index in [1.165, 1.54) is 19.2 Å². The summed E-state index contributed by atoms with van der Waals surface area (Å²) in [5.41, 5.74) is 0.853. The maximum atomic E-state index is 13.8. The van der Waals surface area contributed by atoms with Gasteiger partial charge in [-0.25, -0.2) is 9.18 Å². The molecular weight excluding hydrogens is 325 g/mol. The van der Waals surface area contributed by atoms with E-state index in [9.17, 15) is 14.0 Å². The summed E-state index contributed by atoms with van der Waals surface area (Å²) < 4.78 is 23.5. The lowest BCUT2D eigenvalue weighted by molar-refractivity contribution is -0.124. The van der Waals surface area contributed by atoms with Crippen LogP contribution in [0.1, 0.15) is 28.8 Å². The number of carbonyl (C=O) groups is 2. The molecule has 0 fully saturated rings. The van der Waals surface area contributed by atoms with Crippen LogP contribution >= 0.6 is 0 Å². The van der Waals surface area contributed by atoms with Gasteiger partial charge < -0.3 is 14.8 Å². The molecule has 0 aliphatic heterocycles. The van der Waals surface area contributed by atoms with Crippen LogP contribution in [-0.2, 0) is 9.53 Å². The van der Waals surface area contributed by atoms with Crippen molar-refractivity contribution in [1.29, 1.82) is 0 Å². The Morgan fingerprint density at radius 2 is 1.88 bits per heavy atom. The molecule has 0 aliphatic rings. The van der Waals surface area contributed by atoms with Crippen LogP contribution in [0.5, 0.6) is 5.75 Å². The summed E-state index contributed by atoms with van der Waals surface area (Å²) in [6, 6.07) is 13.5. The zero-order valence-electron chi connectivity index (χ0n) is 14.1. The van der Waals surface area contributed by atoms with Crippen molar-refractivity contribution in [3.63, 3.8) is 0 Å². The van der Waals surface area contributed by atoms with Crippen LogP contribution in [0.2, 0.25) is 0 Å². The predicted octanol–water partition coefficient (Wildman–Crippen LogP) is 2.91. The molecule has 2 aromatic rings. The zero-order chi connectivity index (χ0) is 18.2. The average molecular weight is 345 g/mol. The third-order valence-corrected chi connectivity index (χ3v) is 3.70. The van der Waals surface area contributed by atoms with Crippen molar-refractivity contribution in [2.75, 3.05) is 20.3 Å². The van der Waals surface area contributed by atoms with Gasteiger partial charge in [0.2, 0.25) is 0 Å². The standard InChI is InChI=1S/C19H20FNO4/c1-13(14-6-4-3-5-7-14)11-21-18(22)12-25-19(23)16-9-8-15(24-2)10-17(16)20/h3-10,13H,11-12H2,1-2H3,(H,21,22)/t13-/m1/s1. The van der Waals surface area contributed by atoms with E-state index in [1.807, 2.05) is 37.3 Å². The summed E-state index contributed by atoms with van der Waals surface area (Å²) in [5, 5.41) is 2.69. The maximum Gasteiger partial charge on any atom is 0.341 e. The number of hydrogen-bond acceptors (Lipinski definition) is 4. The molecule has 2 rings (SSSR count). The first-order valence-corrected chi connectivity index (χ1v) is 7.83. The van der Waals surface area contributed by atoms with Gasteiger partial charge in [-0.1, -0.05) is 37.3 Å². The third-order valence-electron chi connectivity index (χ3n) is 3.70. The summed E-state index contributed by atoms with van der Waals surface area (Å²) in [6.45, 7) is 1.93. The maximum absolute atomic E-state index is 13.8. The van der Waals surface area contributed by atoms with Gasteiger partial charge in [0.15, 0.2) is 6.61 Å². The molecule has 6 heteroatoms. The molecule has 1 N–H and O–H groups in total. The Morgan fingerprint density at radius 3 is 2.52 bits per heavy atom. The number of carbonyl (C=O) groups excluding carboxylic acids is 2. The smallest absolute Gasteiger partial charge is 0.341 e. The van der Waals surface area contributed by atoms with Gasteiger partial charge >= 0.3 is 5.97 Å². The van der Waals surface area contributed by atoms with Gasteiger partial charge in [-0.3, -0.25) is 4.79 Å². The highest BCUT2D eigenvalue weighted by molar-refractivity contribution is 5.91. The van der Waals surface area contributed by atoms with Crippen molar-refractivity contribution >= 4 is 11.9 Å². The monoisotopic (exact) mass is 345 g/mol. The molecule has 1 amide bonds. The molecule has 0 heterocycles. The van der Waals surface area contributed by atoms with E-state index in [4.69, 9.17) is 9.47 Å². The van der Waals surface area contributed by atoms with Crippen molar-refractivity contribution in [2.45, 2.75) is 12.8 Å². The number of rotatable bonds is 7. The van der Waals surface area contributed by atoms with Crippen molar-refractivity contribution in [2.24, 2.45) is 0 Å². The van der Waals surface area contributed by atoms with Crippen LogP contribution < -0.4 is 10.1 Å². The van der Waals surface area contributed by atoms with Crippen LogP contribution in [0.4, 0.5) is 4.39 Å². The van der Waals surface area contributed by atoms with Crippen molar-refractivity contribution in [3.8, 4) is 5.75 Å². The van der Waals surface area contributed by atoms with Gasteiger partial charge in [0.05, 0.1) is 12.7 Å². The Labute approximate surface area is 145 Å². The summed E-state index contributed by atoms with van der Waals surface area (Å²) in [5.74, 6) is -1.68. The van der Waals surface area contributed by atoms with Gasteiger partial charge in [0, 0.05) is 12.6 Å². The summed E-state index contributed by atoms with van der Waals surface area (Å²) in [4.78, 5) is 23.6. The number of halogens is 1. The average Bonchev–Trinajstić information content (AvgIpc) is 2.64. The van der Waals surface area contributed by atoms with Gasteiger partial charge in [-0.15, -0.1) is 0 Å². The normalized spacial score (nSPS) is 11.5. The van der Waals surface area contributed by atoms with E-state index in [0.717, 1.165) is 11.6 Å². The second-order valence-corrected chi connectivity index (χ2v) is 5.54. The molecule has 1 atom stereocenters. The number of amides is 1. The first-order valence-electron chi connectivity index (χ1n) is 7.83. The molecule has 0 saturated carbocycles. The molecule has 0 bridgehead atoms. The molecule has 0 spiro atoms. The van der Waals surface area contributed by atoms with Crippen molar-refractivity contribution in [3.05, 3.63) is 65.5 Å². The van der Waals surface area contributed by atoms with E-state index in [0.29, 0.717) is 12.3 Å². The predicted molar refractivity (Wildman–Crippen MR) is 91.1 cm³/mol. The topological polar surface area (TPSA) is 64.6 Å². The van der Waals surface area contributed by atoms with Gasteiger partial charge in [-0.05, 0) is 23.6 Å². The minimum Gasteiger partial charge on any atom is -0.497 e. The van der Waals surface area contributed by atoms with E-state index in [2.05, 4.69) is 5.32 Å². The minimum absolute atomic E-state index is 0.125. The lowest BCUT2D eigenvalue weighted by atomic mass is 10.0. The number of esters is 1. The fraction of sp³-hybridized carbons (Fsp3) is 0.263. The molecule has 5 nitrogen and oxygen atoms in total. The highest BCUT2D eigenvalue weighted by atomic mass is 19.1. The van der Waals surface area contributed by atoms with E-state index >= 15 is 0 Å². The summed E-state index contributed by atoms with van der Waals surface area (Å²) in [6.07, 6.45) is 0. The number of methoxy groups -OCH3 is 1. The molecule has 25 heavy (non-hydrogen) atoms. The number of benzene rings is 2. The largest absolute Gasteiger partial charge is 0.497 e. The number of ether oxygens (including phenoxy) is 2. The Bertz CT molecular complexity index is 733. The summed E-state index contributed by atoms with van der Waals surface area (Å²) in [7, 11) is 1.40. The zero-order valence-corrected chi connectivity index (χ0v) is 14.1. The minimum atomic E-state index is -0.897. The Hall–Kier alpha value is -2.89. The van der Waals surface area contributed by atoms with Gasteiger partial charge in [0.1, 0.15) is 11.6 Å². The Morgan fingerprint density at radius 1 is 1.16 bits per heavy atom. The molecular formula is C19H20FNO4. The third kappa shape index (κ3) is 5.31. The quantitative estimate of drug-likeness (QED) is 0.784. The van der Waals surface area contributed by atoms with Gasteiger partial charge in [-0.2, -0.15) is 0 Å². The number of hydrogen-bond donors (Lipinski definition) is 1. The Balaban J connectivity index is 1.80. The highest BCUT2D eigenvalue weighted by Crippen LogP contribution is 2.17. The SMILES string of the molecule is COc1ccc(C(=O)OCC(=O)NC[C@@H](C)c2ccccc2)c(F)c1. The Kier molecular flexibility index (Phi) is 6.51. The first-order chi connectivity index (χ1) is 12.0. The van der Waals surface area contributed by atoms with E-state index in [1.54, 1.807) is 0 Å². The number of nitrogens with one attached hydrogen (secondary N) is 1. The van der Waals surface area contributed by atoms with Crippen molar-refractivity contribution < 1.29 is 23.5 Å². The molecule has 0 saturated heterocycles. The van der Waals surface area contributed by atoms with Crippen LogP contribution in [0.15, 0.2) is 48.5 Å².